The molecule has 4 nitrogen and oxygen atoms in total. The van der Waals surface area contributed by atoms with E-state index in [9.17, 15) is 9.59 Å². The molecule has 0 spiro atoms. The van der Waals surface area contributed by atoms with Gasteiger partial charge in [0.05, 0.1) is 5.69 Å². The van der Waals surface area contributed by atoms with Gasteiger partial charge in [-0.05, 0) is 31.5 Å². The maximum Gasteiger partial charge on any atom is 0.282 e. The van der Waals surface area contributed by atoms with Crippen molar-refractivity contribution < 1.29 is 4.79 Å². The monoisotopic (exact) mass is 292 g/mol. The first-order valence-corrected chi connectivity index (χ1v) is 7.07. The maximum atomic E-state index is 12.7. The van der Waals surface area contributed by atoms with Crippen LogP contribution in [-0.4, -0.2) is 15.6 Å². The van der Waals surface area contributed by atoms with Gasteiger partial charge in [0.1, 0.15) is 5.56 Å². The minimum Gasteiger partial charge on any atom is -0.295 e. The molecule has 1 heterocycles. The van der Waals surface area contributed by atoms with E-state index in [4.69, 9.17) is 0 Å². The summed E-state index contributed by atoms with van der Waals surface area (Å²) in [6.07, 6.45) is 0. The molecule has 0 bridgehead atoms. The Morgan fingerprint density at radius 3 is 2.27 bits per heavy atom. The number of H-pyrrole nitrogens is 1. The Bertz CT molecular complexity index is 889. The summed E-state index contributed by atoms with van der Waals surface area (Å²) < 4.78 is 1.40. The minimum absolute atomic E-state index is 0.193. The number of hydrogen-bond acceptors (Lipinski definition) is 2. The third kappa shape index (κ3) is 2.29. The molecule has 22 heavy (non-hydrogen) atoms. The van der Waals surface area contributed by atoms with Gasteiger partial charge in [-0.15, -0.1) is 0 Å². The number of aromatic amines is 1. The van der Waals surface area contributed by atoms with Crippen molar-refractivity contribution in [2.24, 2.45) is 0 Å². The van der Waals surface area contributed by atoms with E-state index >= 15 is 0 Å². The molecule has 3 rings (SSSR count). The van der Waals surface area contributed by atoms with E-state index < -0.39 is 0 Å². The molecule has 0 amide bonds. The van der Waals surface area contributed by atoms with E-state index in [-0.39, 0.29) is 16.9 Å². The second-order valence-electron chi connectivity index (χ2n) is 5.23. The number of benzene rings is 2. The number of hydrogen-bond donors (Lipinski definition) is 1. The number of aromatic nitrogens is 2. The Morgan fingerprint density at radius 1 is 0.955 bits per heavy atom. The molecule has 0 fully saturated rings. The van der Waals surface area contributed by atoms with Crippen LogP contribution in [0, 0.1) is 13.8 Å². The topological polar surface area (TPSA) is 54.9 Å². The standard InChI is InChI=1S/C18H16N2O2/c1-12-8-6-7-11-15(12)17(21)16-13(2)19-20(18(16)22)14-9-4-3-5-10-14/h3-11,19H,1-2H3. The molecular weight excluding hydrogens is 276 g/mol. The number of para-hydroxylation sites is 1. The second-order valence-corrected chi connectivity index (χ2v) is 5.23. The number of ketones is 1. The van der Waals surface area contributed by atoms with Gasteiger partial charge in [-0.3, -0.25) is 14.7 Å². The zero-order chi connectivity index (χ0) is 15.7. The van der Waals surface area contributed by atoms with Crippen LogP contribution in [0.5, 0.6) is 0 Å². The van der Waals surface area contributed by atoms with Crippen LogP contribution < -0.4 is 5.56 Å². The molecule has 0 saturated heterocycles. The summed E-state index contributed by atoms with van der Waals surface area (Å²) in [4.78, 5) is 25.3. The van der Waals surface area contributed by atoms with E-state index in [1.54, 1.807) is 19.1 Å². The molecular formula is C18H16N2O2. The lowest BCUT2D eigenvalue weighted by atomic mass is 10.00. The van der Waals surface area contributed by atoms with Crippen LogP contribution in [-0.2, 0) is 0 Å². The van der Waals surface area contributed by atoms with Crippen LogP contribution in [0.3, 0.4) is 0 Å². The van der Waals surface area contributed by atoms with Crippen LogP contribution >= 0.6 is 0 Å². The van der Waals surface area contributed by atoms with Crippen molar-refractivity contribution in [2.45, 2.75) is 13.8 Å². The predicted octanol–water partition coefficient (Wildman–Crippen LogP) is 3.01. The highest BCUT2D eigenvalue weighted by atomic mass is 16.2. The van der Waals surface area contributed by atoms with Crippen molar-refractivity contribution >= 4 is 5.78 Å². The lowest BCUT2D eigenvalue weighted by molar-refractivity contribution is 0.103. The number of aryl methyl sites for hydroxylation is 2. The Kier molecular flexibility index (Phi) is 3.51. The van der Waals surface area contributed by atoms with Gasteiger partial charge in [0.15, 0.2) is 0 Å². The van der Waals surface area contributed by atoms with Crippen LogP contribution in [0.2, 0.25) is 0 Å². The first-order valence-electron chi connectivity index (χ1n) is 7.07. The maximum absolute atomic E-state index is 12.7. The van der Waals surface area contributed by atoms with Crippen LogP contribution in [0.15, 0.2) is 59.4 Å². The zero-order valence-corrected chi connectivity index (χ0v) is 12.5. The van der Waals surface area contributed by atoms with Crippen molar-refractivity contribution in [3.63, 3.8) is 0 Å². The lowest BCUT2D eigenvalue weighted by Crippen LogP contribution is -2.21. The molecule has 4 heteroatoms. The Morgan fingerprint density at radius 2 is 1.59 bits per heavy atom. The van der Waals surface area contributed by atoms with Gasteiger partial charge in [0, 0.05) is 11.3 Å². The molecule has 2 aromatic carbocycles. The molecule has 0 saturated carbocycles. The lowest BCUT2D eigenvalue weighted by Gasteiger charge is -2.02. The summed E-state index contributed by atoms with van der Waals surface area (Å²) in [6.45, 7) is 3.61. The minimum atomic E-state index is -0.322. The second kappa shape index (κ2) is 5.48. The molecule has 1 aromatic heterocycles. The molecule has 0 aliphatic carbocycles. The SMILES string of the molecule is Cc1ccccc1C(=O)c1c(C)[nH]n(-c2ccccc2)c1=O. The molecule has 0 unspecified atom stereocenters. The predicted molar refractivity (Wildman–Crippen MR) is 85.7 cm³/mol. The van der Waals surface area contributed by atoms with E-state index in [1.165, 1.54) is 4.68 Å². The summed E-state index contributed by atoms with van der Waals surface area (Å²) >= 11 is 0. The third-order valence-corrected chi connectivity index (χ3v) is 3.70. The quantitative estimate of drug-likeness (QED) is 0.754. The number of carbonyl (C=O) groups is 1. The van der Waals surface area contributed by atoms with Crippen molar-refractivity contribution in [2.75, 3.05) is 0 Å². The first kappa shape index (κ1) is 14.1. The largest absolute Gasteiger partial charge is 0.295 e. The van der Waals surface area contributed by atoms with Gasteiger partial charge in [-0.2, -0.15) is 0 Å². The normalized spacial score (nSPS) is 10.6. The average molecular weight is 292 g/mol. The molecule has 0 aliphatic heterocycles. The average Bonchev–Trinajstić information content (AvgIpc) is 2.83. The fraction of sp³-hybridized carbons (Fsp3) is 0.111. The highest BCUT2D eigenvalue weighted by molar-refractivity contribution is 6.10. The van der Waals surface area contributed by atoms with Gasteiger partial charge >= 0.3 is 0 Å². The van der Waals surface area contributed by atoms with Gasteiger partial charge in [0.2, 0.25) is 5.78 Å². The fourth-order valence-electron chi connectivity index (χ4n) is 2.54. The molecule has 0 atom stereocenters. The van der Waals surface area contributed by atoms with Crippen molar-refractivity contribution in [1.29, 1.82) is 0 Å². The van der Waals surface area contributed by atoms with Crippen LogP contribution in [0.4, 0.5) is 0 Å². The number of nitrogens with zero attached hydrogens (tertiary/aromatic N) is 1. The summed E-state index contributed by atoms with van der Waals surface area (Å²) in [6, 6.07) is 16.5. The van der Waals surface area contributed by atoms with Gasteiger partial charge in [0.25, 0.3) is 5.56 Å². The Hall–Kier alpha value is -2.88. The van der Waals surface area contributed by atoms with E-state index in [2.05, 4.69) is 5.10 Å². The molecule has 0 aliphatic rings. The van der Waals surface area contributed by atoms with Crippen LogP contribution in [0.1, 0.15) is 27.2 Å². The van der Waals surface area contributed by atoms with E-state index in [0.717, 1.165) is 5.56 Å². The highest BCUT2D eigenvalue weighted by Gasteiger charge is 2.21. The Balaban J connectivity index is 2.14. The zero-order valence-electron chi connectivity index (χ0n) is 12.5. The molecule has 3 aromatic rings. The van der Waals surface area contributed by atoms with Crippen molar-refractivity contribution in [3.05, 3.63) is 87.3 Å². The summed E-state index contributed by atoms with van der Waals surface area (Å²) in [5, 5.41) is 2.98. The third-order valence-electron chi connectivity index (χ3n) is 3.70. The smallest absolute Gasteiger partial charge is 0.282 e. The molecule has 110 valence electrons. The Labute approximate surface area is 128 Å². The molecule has 0 radical (unpaired) electrons. The van der Waals surface area contributed by atoms with Crippen molar-refractivity contribution in [3.8, 4) is 5.69 Å². The number of nitrogens with one attached hydrogen (secondary N) is 1. The summed E-state index contributed by atoms with van der Waals surface area (Å²) in [7, 11) is 0. The van der Waals surface area contributed by atoms with Gasteiger partial charge in [-0.1, -0.05) is 42.5 Å². The van der Waals surface area contributed by atoms with Gasteiger partial charge in [-0.25, -0.2) is 4.68 Å². The molecule has 1 N–H and O–H groups in total. The first-order chi connectivity index (χ1) is 10.6. The summed E-state index contributed by atoms with van der Waals surface area (Å²) in [5.74, 6) is -0.244. The van der Waals surface area contributed by atoms with E-state index in [1.807, 2.05) is 49.4 Å². The number of carbonyl (C=O) groups excluding carboxylic acids is 1. The fourth-order valence-corrected chi connectivity index (χ4v) is 2.54. The number of rotatable bonds is 3. The van der Waals surface area contributed by atoms with E-state index in [0.29, 0.717) is 16.9 Å². The van der Waals surface area contributed by atoms with Crippen LogP contribution in [0.25, 0.3) is 5.69 Å². The van der Waals surface area contributed by atoms with Gasteiger partial charge < -0.3 is 0 Å². The highest BCUT2D eigenvalue weighted by Crippen LogP contribution is 2.15. The summed E-state index contributed by atoms with van der Waals surface area (Å²) in [5.41, 5.74) is 2.57. The van der Waals surface area contributed by atoms with Crippen molar-refractivity contribution in [1.82, 2.24) is 9.78 Å².